The first kappa shape index (κ1) is 12.0. The van der Waals surface area contributed by atoms with Gasteiger partial charge in [-0.25, -0.2) is 0 Å². The second-order valence-electron chi connectivity index (χ2n) is 4.69. The van der Waals surface area contributed by atoms with Crippen LogP contribution in [0, 0.1) is 0 Å². The van der Waals surface area contributed by atoms with Gasteiger partial charge in [-0.2, -0.15) is 11.8 Å². The Balaban J connectivity index is 1.88. The first-order chi connectivity index (χ1) is 7.90. The molecule has 0 saturated heterocycles. The van der Waals surface area contributed by atoms with Gasteiger partial charge in [0.1, 0.15) is 0 Å². The molecule has 0 unspecified atom stereocenters. The van der Waals surface area contributed by atoms with E-state index in [4.69, 9.17) is 0 Å². The Hall–Kier alpha value is -0.430. The molecule has 0 aliphatic heterocycles. The van der Waals surface area contributed by atoms with E-state index >= 15 is 0 Å². The Morgan fingerprint density at radius 3 is 2.44 bits per heavy atom. The van der Waals surface area contributed by atoms with E-state index in [2.05, 4.69) is 43.0 Å². The summed E-state index contributed by atoms with van der Waals surface area (Å²) >= 11 is 2.18. The summed E-state index contributed by atoms with van der Waals surface area (Å²) in [6.07, 6.45) is 8.42. The third-order valence-electron chi connectivity index (χ3n) is 3.53. The maximum Gasteiger partial charge on any atom is 0.0190 e. The maximum atomic E-state index is 2.30. The molecule has 1 saturated carbocycles. The Kier molecular flexibility index (Phi) is 4.77. The summed E-state index contributed by atoms with van der Waals surface area (Å²) in [4.78, 5) is 0. The van der Waals surface area contributed by atoms with Crippen LogP contribution in [0.25, 0.3) is 0 Å². The molecular weight excluding hydrogens is 212 g/mol. The molecule has 1 aromatic rings. The van der Waals surface area contributed by atoms with Crippen molar-refractivity contribution in [3.05, 3.63) is 35.4 Å². The van der Waals surface area contributed by atoms with Crippen molar-refractivity contribution in [3.63, 3.8) is 0 Å². The van der Waals surface area contributed by atoms with Crippen molar-refractivity contribution in [1.29, 1.82) is 0 Å². The molecule has 1 fully saturated rings. The standard InChI is InChI=1S/C15H22S/c1-2-13-8-6-7-9-14(13)12-16-15-10-4-3-5-11-15/h6-9,15H,2-5,10-12H2,1H3. The molecule has 0 heterocycles. The van der Waals surface area contributed by atoms with Crippen molar-refractivity contribution < 1.29 is 0 Å². The minimum absolute atomic E-state index is 0.929. The highest BCUT2D eigenvalue weighted by Gasteiger charge is 2.13. The monoisotopic (exact) mass is 234 g/mol. The lowest BCUT2D eigenvalue weighted by Gasteiger charge is -2.21. The summed E-state index contributed by atoms with van der Waals surface area (Å²) in [6.45, 7) is 2.25. The zero-order chi connectivity index (χ0) is 11.2. The van der Waals surface area contributed by atoms with Gasteiger partial charge in [0.2, 0.25) is 0 Å². The predicted octanol–water partition coefficient (Wildman–Crippen LogP) is 4.81. The Morgan fingerprint density at radius 1 is 1.06 bits per heavy atom. The van der Waals surface area contributed by atoms with E-state index in [1.807, 2.05) is 0 Å². The fraction of sp³-hybridized carbons (Fsp3) is 0.600. The summed E-state index contributed by atoms with van der Waals surface area (Å²) in [5.41, 5.74) is 3.09. The quantitative estimate of drug-likeness (QED) is 0.720. The van der Waals surface area contributed by atoms with Gasteiger partial charge in [0.25, 0.3) is 0 Å². The van der Waals surface area contributed by atoms with E-state index in [9.17, 15) is 0 Å². The van der Waals surface area contributed by atoms with Crippen LogP contribution in [-0.4, -0.2) is 5.25 Å². The Morgan fingerprint density at radius 2 is 1.75 bits per heavy atom. The van der Waals surface area contributed by atoms with E-state index in [0.29, 0.717) is 0 Å². The van der Waals surface area contributed by atoms with Crippen molar-refractivity contribution in [1.82, 2.24) is 0 Å². The van der Waals surface area contributed by atoms with Crippen molar-refractivity contribution >= 4 is 11.8 Å². The molecule has 1 aliphatic rings. The summed E-state index contributed by atoms with van der Waals surface area (Å²) in [7, 11) is 0. The van der Waals surface area contributed by atoms with E-state index in [1.54, 1.807) is 5.56 Å². The van der Waals surface area contributed by atoms with Gasteiger partial charge in [-0.3, -0.25) is 0 Å². The second kappa shape index (κ2) is 6.34. The van der Waals surface area contributed by atoms with Crippen molar-refractivity contribution in [2.24, 2.45) is 0 Å². The van der Waals surface area contributed by atoms with E-state index in [-0.39, 0.29) is 0 Å². The van der Waals surface area contributed by atoms with E-state index in [1.165, 1.54) is 49.8 Å². The smallest absolute Gasteiger partial charge is 0.0190 e. The van der Waals surface area contributed by atoms with Crippen molar-refractivity contribution in [3.8, 4) is 0 Å². The van der Waals surface area contributed by atoms with Crippen molar-refractivity contribution in [2.75, 3.05) is 0 Å². The van der Waals surface area contributed by atoms with Gasteiger partial charge in [0.15, 0.2) is 0 Å². The van der Waals surface area contributed by atoms with Gasteiger partial charge in [-0.05, 0) is 30.4 Å². The maximum absolute atomic E-state index is 2.30. The SMILES string of the molecule is CCc1ccccc1CSC1CCCCC1. The highest BCUT2D eigenvalue weighted by molar-refractivity contribution is 7.99. The number of hydrogen-bond donors (Lipinski definition) is 0. The minimum Gasteiger partial charge on any atom is -0.154 e. The van der Waals surface area contributed by atoms with Gasteiger partial charge in [0.05, 0.1) is 0 Å². The number of thioether (sulfide) groups is 1. The fourth-order valence-corrected chi connectivity index (χ4v) is 3.85. The first-order valence-corrected chi connectivity index (χ1v) is 7.63. The lowest BCUT2D eigenvalue weighted by Crippen LogP contribution is -2.08. The van der Waals surface area contributed by atoms with Crippen LogP contribution in [-0.2, 0) is 12.2 Å². The normalized spacial score (nSPS) is 17.6. The predicted molar refractivity (Wildman–Crippen MR) is 74.0 cm³/mol. The third-order valence-corrected chi connectivity index (χ3v) is 4.95. The molecule has 0 spiro atoms. The largest absolute Gasteiger partial charge is 0.154 e. The highest BCUT2D eigenvalue weighted by Crippen LogP contribution is 2.31. The highest BCUT2D eigenvalue weighted by atomic mass is 32.2. The number of aryl methyl sites for hydroxylation is 1. The zero-order valence-electron chi connectivity index (χ0n) is 10.2. The number of rotatable bonds is 4. The molecule has 1 aromatic carbocycles. The Bertz CT molecular complexity index is 313. The molecule has 88 valence electrons. The third kappa shape index (κ3) is 3.28. The summed E-state index contributed by atoms with van der Waals surface area (Å²) < 4.78 is 0. The van der Waals surface area contributed by atoms with Gasteiger partial charge < -0.3 is 0 Å². The van der Waals surface area contributed by atoms with Crippen LogP contribution >= 0.6 is 11.8 Å². The molecule has 0 aromatic heterocycles. The number of benzene rings is 1. The van der Waals surface area contributed by atoms with E-state index in [0.717, 1.165) is 5.25 Å². The Labute approximate surface area is 104 Å². The molecule has 0 bridgehead atoms. The molecule has 0 nitrogen and oxygen atoms in total. The molecule has 0 radical (unpaired) electrons. The molecule has 1 heteroatoms. The fourth-order valence-electron chi connectivity index (χ4n) is 2.48. The lowest BCUT2D eigenvalue weighted by atomic mass is 10.0. The van der Waals surface area contributed by atoms with Gasteiger partial charge >= 0.3 is 0 Å². The van der Waals surface area contributed by atoms with Crippen LogP contribution < -0.4 is 0 Å². The van der Waals surface area contributed by atoms with E-state index < -0.39 is 0 Å². The molecule has 1 aliphatic carbocycles. The molecule has 0 N–H and O–H groups in total. The van der Waals surface area contributed by atoms with Crippen molar-refractivity contribution in [2.45, 2.75) is 56.5 Å². The number of hydrogen-bond acceptors (Lipinski definition) is 1. The molecular formula is C15H22S. The van der Waals surface area contributed by atoms with Crippen LogP contribution in [0.15, 0.2) is 24.3 Å². The minimum atomic E-state index is 0.929. The molecule has 2 rings (SSSR count). The summed E-state index contributed by atoms with van der Waals surface area (Å²) in [6, 6.07) is 8.91. The van der Waals surface area contributed by atoms with Crippen LogP contribution in [0.2, 0.25) is 0 Å². The summed E-state index contributed by atoms with van der Waals surface area (Å²) in [5.74, 6) is 1.22. The van der Waals surface area contributed by atoms with Crippen LogP contribution in [0.4, 0.5) is 0 Å². The lowest BCUT2D eigenvalue weighted by molar-refractivity contribution is 0.516. The molecule has 0 atom stereocenters. The average molecular weight is 234 g/mol. The molecule has 16 heavy (non-hydrogen) atoms. The first-order valence-electron chi connectivity index (χ1n) is 6.58. The average Bonchev–Trinajstić information content (AvgIpc) is 2.38. The summed E-state index contributed by atoms with van der Waals surface area (Å²) in [5, 5.41) is 0.929. The zero-order valence-corrected chi connectivity index (χ0v) is 11.1. The van der Waals surface area contributed by atoms with Crippen LogP contribution in [0.5, 0.6) is 0 Å². The topological polar surface area (TPSA) is 0 Å². The van der Waals surface area contributed by atoms with Crippen LogP contribution in [0.3, 0.4) is 0 Å². The molecule has 0 amide bonds. The second-order valence-corrected chi connectivity index (χ2v) is 5.98. The van der Waals surface area contributed by atoms with Gasteiger partial charge in [-0.1, -0.05) is 50.5 Å². The van der Waals surface area contributed by atoms with Crippen LogP contribution in [0.1, 0.15) is 50.2 Å². The van der Waals surface area contributed by atoms with Gasteiger partial charge in [-0.15, -0.1) is 0 Å². The van der Waals surface area contributed by atoms with Gasteiger partial charge in [0, 0.05) is 11.0 Å².